The van der Waals surface area contributed by atoms with E-state index in [2.05, 4.69) is 19.4 Å². The molecule has 1 saturated heterocycles. The first-order chi connectivity index (χ1) is 14.8. The zero-order valence-corrected chi connectivity index (χ0v) is 18.1. The van der Waals surface area contributed by atoms with Crippen LogP contribution in [0, 0.1) is 17.8 Å². The molecule has 184 valence electrons. The molecule has 2 aliphatic carbocycles. The molecule has 0 aromatic rings. The van der Waals surface area contributed by atoms with Crippen molar-refractivity contribution in [1.29, 1.82) is 0 Å². The Morgan fingerprint density at radius 3 is 2.44 bits per heavy atom. The molecule has 2 bridgehead atoms. The highest BCUT2D eigenvalue weighted by Gasteiger charge is 2.48. The Balaban J connectivity index is 1.60. The van der Waals surface area contributed by atoms with Crippen LogP contribution in [0.5, 0.6) is 0 Å². The second kappa shape index (κ2) is 9.96. The summed E-state index contributed by atoms with van der Waals surface area (Å²) >= 11 is 0. The van der Waals surface area contributed by atoms with E-state index in [9.17, 15) is 36.7 Å². The van der Waals surface area contributed by atoms with Gasteiger partial charge in [-0.25, -0.2) is 12.6 Å². The van der Waals surface area contributed by atoms with Crippen LogP contribution < -0.4 is 5.11 Å². The summed E-state index contributed by atoms with van der Waals surface area (Å²) < 4.78 is 81.5. The van der Waals surface area contributed by atoms with Gasteiger partial charge in [0.15, 0.2) is 6.29 Å². The number of aliphatic hydroxyl groups excluding tert-OH is 2. The smallest absolute Gasteiger partial charge is 0.397 e. The average molecular weight is 501 g/mol. The van der Waals surface area contributed by atoms with E-state index < -0.39 is 58.1 Å². The normalized spacial score (nSPS) is 37.8. The van der Waals surface area contributed by atoms with Crippen molar-refractivity contribution < 1.29 is 59.1 Å². The maximum atomic E-state index is 12.2. The molecule has 3 N–H and O–H groups in total. The van der Waals surface area contributed by atoms with Gasteiger partial charge in [0.1, 0.15) is 24.4 Å². The Hall–Kier alpha value is -1.21. The Morgan fingerprint density at radius 1 is 1.16 bits per heavy atom. The third-order valence-electron chi connectivity index (χ3n) is 5.49. The summed E-state index contributed by atoms with van der Waals surface area (Å²) in [4.78, 5) is 3.92. The summed E-state index contributed by atoms with van der Waals surface area (Å²) in [7, 11) is -10.3. The molecule has 0 aromatic carbocycles. The Bertz CT molecular complexity index is 934. The highest BCUT2D eigenvalue weighted by molar-refractivity contribution is 7.81. The molecule has 32 heavy (non-hydrogen) atoms. The Morgan fingerprint density at radius 2 is 1.88 bits per heavy atom. The van der Waals surface area contributed by atoms with E-state index in [1.54, 1.807) is 0 Å². The van der Waals surface area contributed by atoms with Gasteiger partial charge in [-0.05, 0) is 36.5 Å². The first-order valence-electron chi connectivity index (χ1n) is 9.63. The van der Waals surface area contributed by atoms with Gasteiger partial charge in [0.2, 0.25) is 10.4 Å². The molecule has 3 rings (SSSR count). The van der Waals surface area contributed by atoms with Crippen LogP contribution in [-0.2, 0) is 38.6 Å². The number of allylic oxidation sites excluding steroid dienone is 2. The fourth-order valence-corrected chi connectivity index (χ4v) is 4.90. The van der Waals surface area contributed by atoms with E-state index in [4.69, 9.17) is 14.0 Å². The van der Waals surface area contributed by atoms with Gasteiger partial charge in [0.25, 0.3) is 0 Å². The minimum Gasteiger partial charge on any atom is -0.862 e. The molecule has 1 heterocycles. The summed E-state index contributed by atoms with van der Waals surface area (Å²) in [5.41, 5.74) is 0. The lowest BCUT2D eigenvalue weighted by molar-refractivity contribution is -0.295. The molecule has 0 radical (unpaired) electrons. The first kappa shape index (κ1) is 25.4. The lowest BCUT2D eigenvalue weighted by Crippen LogP contribution is -2.60. The number of ether oxygens (including phenoxy) is 2. The first-order valence-corrected chi connectivity index (χ1v) is 12.3. The summed E-state index contributed by atoms with van der Waals surface area (Å²) in [6.45, 7) is -1.44. The number of hydrogen-bond acceptors (Lipinski definition) is 13. The molecule has 8 atom stereocenters. The highest BCUT2D eigenvalue weighted by atomic mass is 32.3. The molecule has 0 aromatic heterocycles. The predicted molar refractivity (Wildman–Crippen MR) is 99.8 cm³/mol. The second-order valence-electron chi connectivity index (χ2n) is 7.68. The molecule has 0 spiro atoms. The van der Waals surface area contributed by atoms with E-state index in [0.717, 1.165) is 12.8 Å². The van der Waals surface area contributed by atoms with Gasteiger partial charge in [-0.15, -0.1) is 0 Å². The van der Waals surface area contributed by atoms with Crippen molar-refractivity contribution in [2.45, 2.75) is 43.5 Å². The fraction of sp³-hybridized carbons (Fsp3) is 0.812. The van der Waals surface area contributed by atoms with E-state index in [-0.39, 0.29) is 30.9 Å². The highest BCUT2D eigenvalue weighted by Crippen LogP contribution is 2.43. The van der Waals surface area contributed by atoms with E-state index >= 15 is 0 Å². The van der Waals surface area contributed by atoms with Gasteiger partial charge in [-0.3, -0.25) is 8.74 Å². The fourth-order valence-electron chi connectivity index (χ4n) is 4.09. The molecule has 1 aliphatic heterocycles. The minimum absolute atomic E-state index is 0.120. The van der Waals surface area contributed by atoms with E-state index in [1.165, 1.54) is 0 Å². The summed E-state index contributed by atoms with van der Waals surface area (Å²) in [6.07, 6.45) is -3.66. The molecule has 2 fully saturated rings. The van der Waals surface area contributed by atoms with Crippen molar-refractivity contribution in [2.24, 2.45) is 22.7 Å². The molecule has 0 amide bonds. The van der Waals surface area contributed by atoms with E-state index in [1.807, 2.05) is 6.08 Å². The van der Waals surface area contributed by atoms with Crippen LogP contribution in [0.1, 0.15) is 12.8 Å². The summed E-state index contributed by atoms with van der Waals surface area (Å²) in [6, 6.07) is 0. The standard InChI is InChI=1S/C16H25NO13S2/c18-12-11(7-28-31(21,22)23)29-16(13(19)14(12)30-32(24,25)26)27-4-3-17-15(20)10-6-8-1-2-9(10)5-8/h1-2,8-14,16,18-19H,3-7H2,(H,17,20)(H,21,22,23)(H,24,25,26)/p-2/t8-,9+,10+,11-,12+,13-,14+,16-/m1/s1. The van der Waals surface area contributed by atoms with Crippen LogP contribution in [0.3, 0.4) is 0 Å². The average Bonchev–Trinajstić information content (AvgIpc) is 3.31. The summed E-state index contributed by atoms with van der Waals surface area (Å²) in [5.74, 6) is 0.0678. The van der Waals surface area contributed by atoms with Crippen LogP contribution in [-0.4, -0.2) is 92.5 Å². The van der Waals surface area contributed by atoms with Gasteiger partial charge in [-0.2, -0.15) is 8.42 Å². The maximum absolute atomic E-state index is 12.2. The maximum Gasteiger partial charge on any atom is 0.397 e. The minimum atomic E-state index is -5.18. The lowest BCUT2D eigenvalue weighted by Gasteiger charge is -2.41. The molecule has 16 heteroatoms. The second-order valence-corrected chi connectivity index (χ2v) is 9.78. The van der Waals surface area contributed by atoms with Crippen molar-refractivity contribution in [1.82, 2.24) is 0 Å². The van der Waals surface area contributed by atoms with Crippen molar-refractivity contribution in [2.75, 3.05) is 19.8 Å². The lowest BCUT2D eigenvalue weighted by atomic mass is 9.93. The van der Waals surface area contributed by atoms with Gasteiger partial charge in [0.05, 0.1) is 19.8 Å². The van der Waals surface area contributed by atoms with Crippen molar-refractivity contribution in [3.63, 3.8) is 0 Å². The van der Waals surface area contributed by atoms with Crippen molar-refractivity contribution in [3.8, 4) is 0 Å². The molecule has 1 saturated carbocycles. The molecule has 3 aliphatic rings. The van der Waals surface area contributed by atoms with Gasteiger partial charge in [0, 0.05) is 0 Å². The number of fused-ring (bicyclic) bond motifs is 2. The Labute approximate surface area is 184 Å². The number of aliphatic imine (C=N–C) groups is 1. The predicted octanol–water partition coefficient (Wildman–Crippen LogP) is -2.91. The van der Waals surface area contributed by atoms with Crippen LogP contribution in [0.15, 0.2) is 17.1 Å². The quantitative estimate of drug-likeness (QED) is 0.0682. The summed E-state index contributed by atoms with van der Waals surface area (Å²) in [5, 5.41) is 32.6. The van der Waals surface area contributed by atoms with Crippen LogP contribution in [0.4, 0.5) is 0 Å². The zero-order valence-electron chi connectivity index (χ0n) is 16.5. The number of nitrogens with zero attached hydrogens (tertiary/aromatic N) is 1. The van der Waals surface area contributed by atoms with Crippen molar-refractivity contribution in [3.05, 3.63) is 12.2 Å². The van der Waals surface area contributed by atoms with Crippen LogP contribution in [0.25, 0.3) is 0 Å². The van der Waals surface area contributed by atoms with Gasteiger partial charge in [-0.1, -0.05) is 12.2 Å². The number of hydrogen-bond donors (Lipinski definition) is 3. The molecule has 0 unspecified atom stereocenters. The van der Waals surface area contributed by atoms with E-state index in [0.29, 0.717) is 5.92 Å². The molecular formula is C16H23NO13S2-2. The van der Waals surface area contributed by atoms with Crippen molar-refractivity contribution >= 4 is 26.7 Å². The van der Waals surface area contributed by atoms with Gasteiger partial charge >= 0.3 is 10.4 Å². The molecule has 14 nitrogen and oxygen atoms in total. The number of aliphatic hydroxyl groups is 2. The topological polar surface area (TPSA) is 224 Å². The number of rotatable bonds is 10. The zero-order chi connectivity index (χ0) is 23.7. The molecular weight excluding hydrogens is 478 g/mol. The SMILES string of the molecule is O=S(=O)([O-])OC[C@H]1O[C@@H](OCCN=C([O-])[C@H]2C[C@@H]3C=C[C@H]2C3)[C@H](O)[C@@H](OS(=O)(=O)O)[C@H]1O. The van der Waals surface area contributed by atoms with Crippen LogP contribution in [0.2, 0.25) is 0 Å². The third kappa shape index (κ3) is 6.66. The Kier molecular flexibility index (Phi) is 7.91. The monoisotopic (exact) mass is 501 g/mol. The largest absolute Gasteiger partial charge is 0.862 e. The third-order valence-corrected chi connectivity index (χ3v) is 6.38. The van der Waals surface area contributed by atoms with Crippen LogP contribution >= 0.6 is 0 Å². The van der Waals surface area contributed by atoms with Gasteiger partial charge < -0.3 is 34.3 Å².